The lowest BCUT2D eigenvalue weighted by Gasteiger charge is -2.49. The van der Waals surface area contributed by atoms with E-state index in [2.05, 4.69) is 0 Å². The number of ketones is 1. The molecule has 4 nitrogen and oxygen atoms in total. The fourth-order valence-electron chi connectivity index (χ4n) is 2.99. The first-order chi connectivity index (χ1) is 9.22. The van der Waals surface area contributed by atoms with E-state index < -0.39 is 22.3 Å². The zero-order chi connectivity index (χ0) is 15.0. The van der Waals surface area contributed by atoms with Gasteiger partial charge in [-0.05, 0) is 39.8 Å². The molecule has 1 aromatic rings. The van der Waals surface area contributed by atoms with Crippen LogP contribution in [0.15, 0.2) is 30.3 Å². The van der Waals surface area contributed by atoms with E-state index in [1.54, 1.807) is 16.4 Å². The number of benzene rings is 1. The molecule has 1 heterocycles. The molecule has 5 heteroatoms. The maximum Gasteiger partial charge on any atom is 0.291 e. The topological polar surface area (TPSA) is 46.6 Å². The SMILES string of the molecule is CC1(C)CC(=O)CC(C)(C)N1S(=O)Oc1ccccc1. The summed E-state index contributed by atoms with van der Waals surface area (Å²) in [5.41, 5.74) is -0.975. The van der Waals surface area contributed by atoms with Crippen molar-refractivity contribution in [2.45, 2.75) is 51.6 Å². The molecule has 0 N–H and O–H groups in total. The van der Waals surface area contributed by atoms with E-state index in [0.717, 1.165) is 0 Å². The molecule has 0 aliphatic carbocycles. The molecule has 1 aliphatic rings. The molecule has 0 spiro atoms. The Bertz CT molecular complexity index is 505. The molecule has 0 amide bonds. The second-order valence-electron chi connectivity index (χ2n) is 6.42. The summed E-state index contributed by atoms with van der Waals surface area (Å²) in [5.74, 6) is 0.766. The average molecular weight is 295 g/mol. The van der Waals surface area contributed by atoms with E-state index >= 15 is 0 Å². The van der Waals surface area contributed by atoms with Crippen LogP contribution >= 0.6 is 0 Å². The summed E-state index contributed by atoms with van der Waals surface area (Å²) in [6.07, 6.45) is 0.778. The number of rotatable bonds is 3. The highest BCUT2D eigenvalue weighted by Crippen LogP contribution is 2.38. The Morgan fingerprint density at radius 2 is 1.55 bits per heavy atom. The first kappa shape index (κ1) is 15.2. The predicted molar refractivity (Wildman–Crippen MR) is 79.5 cm³/mol. The number of Topliss-reactive ketones (excluding diaryl/α,β-unsaturated/α-hetero) is 1. The normalized spacial score (nSPS) is 23.3. The molecule has 1 aliphatic heterocycles. The fraction of sp³-hybridized carbons (Fsp3) is 0.533. The van der Waals surface area contributed by atoms with Crippen molar-refractivity contribution in [3.05, 3.63) is 30.3 Å². The van der Waals surface area contributed by atoms with Gasteiger partial charge >= 0.3 is 0 Å². The minimum Gasteiger partial charge on any atom is -0.389 e. The van der Waals surface area contributed by atoms with Crippen LogP contribution in [-0.2, 0) is 16.1 Å². The second kappa shape index (κ2) is 5.30. The summed E-state index contributed by atoms with van der Waals surface area (Å²) in [6.45, 7) is 7.71. The minimum absolute atomic E-state index is 0.202. The Kier molecular flexibility index (Phi) is 4.02. The lowest BCUT2D eigenvalue weighted by molar-refractivity contribution is -0.128. The molecular formula is C15H21NO3S. The van der Waals surface area contributed by atoms with E-state index in [9.17, 15) is 9.00 Å². The summed E-state index contributed by atoms with van der Waals surface area (Å²) in [5, 5.41) is 0. The van der Waals surface area contributed by atoms with Gasteiger partial charge in [-0.1, -0.05) is 18.2 Å². The zero-order valence-corrected chi connectivity index (χ0v) is 13.2. The average Bonchev–Trinajstić information content (AvgIpc) is 2.25. The quantitative estimate of drug-likeness (QED) is 0.861. The summed E-state index contributed by atoms with van der Waals surface area (Å²) in [4.78, 5) is 11.9. The molecule has 0 saturated carbocycles. The van der Waals surface area contributed by atoms with Gasteiger partial charge in [0.05, 0.1) is 0 Å². The van der Waals surface area contributed by atoms with Gasteiger partial charge in [-0.25, -0.2) is 0 Å². The largest absolute Gasteiger partial charge is 0.389 e. The van der Waals surface area contributed by atoms with Crippen molar-refractivity contribution >= 4 is 17.0 Å². The van der Waals surface area contributed by atoms with E-state index in [1.165, 1.54) is 0 Å². The smallest absolute Gasteiger partial charge is 0.291 e. The Morgan fingerprint density at radius 1 is 1.05 bits per heavy atom. The third kappa shape index (κ3) is 3.10. The predicted octanol–water partition coefficient (Wildman–Crippen LogP) is 2.87. The van der Waals surface area contributed by atoms with E-state index in [-0.39, 0.29) is 5.78 Å². The third-order valence-electron chi connectivity index (χ3n) is 3.42. The van der Waals surface area contributed by atoms with Crippen LogP contribution < -0.4 is 4.18 Å². The Balaban J connectivity index is 2.24. The van der Waals surface area contributed by atoms with Gasteiger partial charge in [-0.15, -0.1) is 0 Å². The van der Waals surface area contributed by atoms with Gasteiger partial charge in [0.1, 0.15) is 11.5 Å². The van der Waals surface area contributed by atoms with Gasteiger partial charge < -0.3 is 4.18 Å². The molecule has 1 atom stereocenters. The van der Waals surface area contributed by atoms with Crippen molar-refractivity contribution in [2.75, 3.05) is 0 Å². The van der Waals surface area contributed by atoms with Crippen LogP contribution in [0.5, 0.6) is 5.75 Å². The van der Waals surface area contributed by atoms with Crippen molar-refractivity contribution in [2.24, 2.45) is 0 Å². The van der Waals surface area contributed by atoms with Crippen LogP contribution in [0, 0.1) is 0 Å². The molecule has 110 valence electrons. The van der Waals surface area contributed by atoms with Crippen molar-refractivity contribution < 1.29 is 13.2 Å². The maximum atomic E-state index is 12.6. The summed E-state index contributed by atoms with van der Waals surface area (Å²) in [7, 11) is 0. The van der Waals surface area contributed by atoms with Crippen LogP contribution in [0.2, 0.25) is 0 Å². The van der Waals surface area contributed by atoms with Crippen LogP contribution in [0.1, 0.15) is 40.5 Å². The molecule has 0 bridgehead atoms. The minimum atomic E-state index is -1.63. The Morgan fingerprint density at radius 3 is 2.05 bits per heavy atom. The molecule has 1 aromatic carbocycles. The second-order valence-corrected chi connectivity index (χ2v) is 7.39. The molecule has 1 unspecified atom stereocenters. The number of hydrogen-bond acceptors (Lipinski definition) is 3. The Labute approximate surface area is 122 Å². The van der Waals surface area contributed by atoms with Gasteiger partial charge in [-0.2, -0.15) is 8.51 Å². The molecule has 0 aromatic heterocycles. The highest BCUT2D eigenvalue weighted by Gasteiger charge is 2.49. The standard InChI is InChI=1S/C15H21NO3S/c1-14(2)10-12(17)11-15(3,4)16(14)20(18)19-13-8-6-5-7-9-13/h5-9H,10-11H2,1-4H3. The van der Waals surface area contributed by atoms with Crippen LogP contribution in [0.4, 0.5) is 0 Å². The monoisotopic (exact) mass is 295 g/mol. The van der Waals surface area contributed by atoms with Gasteiger partial charge in [-0.3, -0.25) is 4.79 Å². The lowest BCUT2D eigenvalue weighted by Crippen LogP contribution is -2.61. The Hall–Kier alpha value is -1.20. The molecule has 1 saturated heterocycles. The number of nitrogens with zero attached hydrogens (tertiary/aromatic N) is 1. The molecule has 20 heavy (non-hydrogen) atoms. The molecule has 2 rings (SSSR count). The van der Waals surface area contributed by atoms with Crippen molar-refractivity contribution in [3.8, 4) is 5.75 Å². The first-order valence-electron chi connectivity index (χ1n) is 6.70. The van der Waals surface area contributed by atoms with Gasteiger partial charge in [0.2, 0.25) is 0 Å². The van der Waals surface area contributed by atoms with Crippen molar-refractivity contribution in [1.82, 2.24) is 4.31 Å². The number of para-hydroxylation sites is 1. The van der Waals surface area contributed by atoms with Gasteiger partial charge in [0, 0.05) is 23.9 Å². The third-order valence-corrected chi connectivity index (χ3v) is 5.04. The van der Waals surface area contributed by atoms with Crippen LogP contribution in [-0.4, -0.2) is 25.4 Å². The molecular weight excluding hydrogens is 274 g/mol. The van der Waals surface area contributed by atoms with E-state index in [1.807, 2.05) is 45.9 Å². The number of hydrogen-bond donors (Lipinski definition) is 0. The first-order valence-corrected chi connectivity index (χ1v) is 7.73. The number of carbonyl (C=O) groups is 1. The zero-order valence-electron chi connectivity index (χ0n) is 12.4. The maximum absolute atomic E-state index is 12.6. The van der Waals surface area contributed by atoms with Crippen LogP contribution in [0.25, 0.3) is 0 Å². The number of piperidine rings is 1. The summed E-state index contributed by atoms with van der Waals surface area (Å²) in [6, 6.07) is 9.09. The van der Waals surface area contributed by atoms with Crippen molar-refractivity contribution in [3.63, 3.8) is 0 Å². The van der Waals surface area contributed by atoms with Gasteiger partial charge in [0.25, 0.3) is 11.3 Å². The fourth-order valence-corrected chi connectivity index (χ4v) is 4.28. The van der Waals surface area contributed by atoms with E-state index in [0.29, 0.717) is 18.6 Å². The van der Waals surface area contributed by atoms with Gasteiger partial charge in [0.15, 0.2) is 0 Å². The molecule has 0 radical (unpaired) electrons. The number of carbonyl (C=O) groups excluding carboxylic acids is 1. The highest BCUT2D eigenvalue weighted by atomic mass is 32.2. The van der Waals surface area contributed by atoms with E-state index in [4.69, 9.17) is 4.18 Å². The molecule has 1 fully saturated rings. The lowest BCUT2D eigenvalue weighted by atomic mass is 9.82. The van der Waals surface area contributed by atoms with Crippen molar-refractivity contribution in [1.29, 1.82) is 0 Å². The summed E-state index contributed by atoms with van der Waals surface area (Å²) >= 11 is -1.63. The highest BCUT2D eigenvalue weighted by molar-refractivity contribution is 7.78. The summed E-state index contributed by atoms with van der Waals surface area (Å²) < 4.78 is 20.0. The van der Waals surface area contributed by atoms with Crippen LogP contribution in [0.3, 0.4) is 0 Å².